The third kappa shape index (κ3) is 5.13. The molecule has 0 saturated heterocycles. The highest BCUT2D eigenvalue weighted by Gasteiger charge is 2.16. The maximum atomic E-state index is 10.6. The van der Waals surface area contributed by atoms with Crippen molar-refractivity contribution in [2.75, 3.05) is 6.61 Å². The third-order valence-electron chi connectivity index (χ3n) is 1.92. The van der Waals surface area contributed by atoms with Gasteiger partial charge in [0.2, 0.25) is 0 Å². The number of carboxylic acids is 1. The van der Waals surface area contributed by atoms with Gasteiger partial charge in [0, 0.05) is 6.61 Å². The summed E-state index contributed by atoms with van der Waals surface area (Å²) in [6.07, 6.45) is 1.96. The molecule has 0 aromatic heterocycles. The van der Waals surface area contributed by atoms with Crippen LogP contribution in [0.5, 0.6) is 0 Å². The van der Waals surface area contributed by atoms with Gasteiger partial charge in [0.25, 0.3) is 0 Å². The summed E-state index contributed by atoms with van der Waals surface area (Å²) in [5.41, 5.74) is 0. The van der Waals surface area contributed by atoms with Crippen LogP contribution in [0.4, 0.5) is 0 Å². The molecule has 72 valence electrons. The molecule has 3 heteroatoms. The molecular weight excluding hydrogens is 156 g/mol. The Morgan fingerprint density at radius 3 is 2.17 bits per heavy atom. The van der Waals surface area contributed by atoms with Crippen molar-refractivity contribution in [1.29, 1.82) is 0 Å². The summed E-state index contributed by atoms with van der Waals surface area (Å²) in [6, 6.07) is 0. The monoisotopic (exact) mass is 174 g/mol. The molecule has 1 atom stereocenters. The number of hydrogen-bond donors (Lipinski definition) is 2. The Bertz CT molecular complexity index is 132. The van der Waals surface area contributed by atoms with Gasteiger partial charge in [0.15, 0.2) is 0 Å². The minimum Gasteiger partial charge on any atom is -0.481 e. The van der Waals surface area contributed by atoms with E-state index in [1.54, 1.807) is 0 Å². The Balaban J connectivity index is 3.71. The van der Waals surface area contributed by atoms with E-state index in [9.17, 15) is 4.79 Å². The van der Waals surface area contributed by atoms with Gasteiger partial charge in [-0.1, -0.05) is 20.3 Å². The van der Waals surface area contributed by atoms with Gasteiger partial charge < -0.3 is 10.2 Å². The first-order valence-electron chi connectivity index (χ1n) is 4.41. The van der Waals surface area contributed by atoms with Crippen molar-refractivity contribution in [3.63, 3.8) is 0 Å². The fourth-order valence-corrected chi connectivity index (χ4v) is 1.08. The minimum atomic E-state index is -0.787. The first-order chi connectivity index (χ1) is 5.57. The Labute approximate surface area is 73.4 Å². The second kappa shape index (κ2) is 6.00. The maximum Gasteiger partial charge on any atom is 0.306 e. The summed E-state index contributed by atoms with van der Waals surface area (Å²) in [7, 11) is 0. The fraction of sp³-hybridized carbons (Fsp3) is 0.889. The Kier molecular flexibility index (Phi) is 5.72. The number of hydrogen-bond acceptors (Lipinski definition) is 2. The summed E-state index contributed by atoms with van der Waals surface area (Å²) in [4.78, 5) is 10.6. The number of aliphatic hydroxyl groups is 1. The minimum absolute atomic E-state index is 0.0327. The largest absolute Gasteiger partial charge is 0.481 e. The highest BCUT2D eigenvalue weighted by Crippen LogP contribution is 2.15. The van der Waals surface area contributed by atoms with E-state index in [0.717, 1.165) is 6.42 Å². The quantitative estimate of drug-likeness (QED) is 0.641. The summed E-state index contributed by atoms with van der Waals surface area (Å²) in [6.45, 7) is 4.10. The Morgan fingerprint density at radius 2 is 1.83 bits per heavy atom. The van der Waals surface area contributed by atoms with E-state index in [-0.39, 0.29) is 12.5 Å². The van der Waals surface area contributed by atoms with Gasteiger partial charge in [-0.25, -0.2) is 0 Å². The molecular formula is C9H18O3. The van der Waals surface area contributed by atoms with E-state index in [0.29, 0.717) is 18.8 Å². The summed E-state index contributed by atoms with van der Waals surface area (Å²) < 4.78 is 0. The van der Waals surface area contributed by atoms with E-state index in [1.807, 2.05) is 0 Å². The lowest BCUT2D eigenvalue weighted by Gasteiger charge is -2.11. The zero-order chi connectivity index (χ0) is 9.56. The number of carboxylic acid groups (broad SMARTS) is 1. The molecule has 0 aromatic carbocycles. The van der Waals surface area contributed by atoms with Crippen molar-refractivity contribution >= 4 is 5.97 Å². The van der Waals surface area contributed by atoms with Crippen LogP contribution in [0.3, 0.4) is 0 Å². The second-order valence-corrected chi connectivity index (χ2v) is 3.52. The van der Waals surface area contributed by atoms with Gasteiger partial charge in [0.05, 0.1) is 5.92 Å². The molecule has 0 amide bonds. The molecule has 0 saturated carbocycles. The van der Waals surface area contributed by atoms with Crippen LogP contribution in [0.2, 0.25) is 0 Å². The van der Waals surface area contributed by atoms with E-state index in [2.05, 4.69) is 13.8 Å². The highest BCUT2D eigenvalue weighted by molar-refractivity contribution is 5.69. The second-order valence-electron chi connectivity index (χ2n) is 3.52. The van der Waals surface area contributed by atoms with Crippen LogP contribution < -0.4 is 0 Å². The zero-order valence-corrected chi connectivity index (χ0v) is 7.79. The third-order valence-corrected chi connectivity index (χ3v) is 1.92. The summed E-state index contributed by atoms with van der Waals surface area (Å²) in [5.74, 6) is -0.618. The van der Waals surface area contributed by atoms with Crippen LogP contribution in [0.25, 0.3) is 0 Å². The molecule has 2 N–H and O–H groups in total. The van der Waals surface area contributed by atoms with Gasteiger partial charge in [-0.15, -0.1) is 0 Å². The first-order valence-corrected chi connectivity index (χ1v) is 4.41. The molecule has 0 radical (unpaired) electrons. The van der Waals surface area contributed by atoms with Crippen LogP contribution in [-0.2, 0) is 4.79 Å². The Morgan fingerprint density at radius 1 is 1.25 bits per heavy atom. The van der Waals surface area contributed by atoms with Crippen LogP contribution in [-0.4, -0.2) is 22.8 Å². The number of rotatable bonds is 6. The number of aliphatic carboxylic acids is 1. The van der Waals surface area contributed by atoms with Gasteiger partial charge in [-0.3, -0.25) is 4.79 Å². The van der Waals surface area contributed by atoms with Crippen LogP contribution in [0.1, 0.15) is 33.1 Å². The normalized spacial score (nSPS) is 13.3. The molecule has 1 unspecified atom stereocenters. The summed E-state index contributed by atoms with van der Waals surface area (Å²) >= 11 is 0. The molecule has 0 rings (SSSR count). The van der Waals surface area contributed by atoms with Crippen molar-refractivity contribution in [2.45, 2.75) is 33.1 Å². The lowest BCUT2D eigenvalue weighted by Crippen LogP contribution is -2.15. The van der Waals surface area contributed by atoms with E-state index in [1.165, 1.54) is 0 Å². The Hall–Kier alpha value is -0.570. The SMILES string of the molecule is CC(C)CCC(CCO)C(=O)O. The molecule has 0 spiro atoms. The van der Waals surface area contributed by atoms with Crippen LogP contribution in [0.15, 0.2) is 0 Å². The average Bonchev–Trinajstić information content (AvgIpc) is 1.96. The maximum absolute atomic E-state index is 10.6. The van der Waals surface area contributed by atoms with E-state index in [4.69, 9.17) is 10.2 Å². The first kappa shape index (κ1) is 11.4. The molecule has 0 aliphatic heterocycles. The van der Waals surface area contributed by atoms with Gasteiger partial charge in [-0.05, 0) is 18.8 Å². The molecule has 0 bridgehead atoms. The smallest absolute Gasteiger partial charge is 0.306 e. The predicted octanol–water partition coefficient (Wildman–Crippen LogP) is 1.51. The molecule has 0 fully saturated rings. The lowest BCUT2D eigenvalue weighted by molar-refractivity contribution is -0.142. The van der Waals surface area contributed by atoms with Crippen LogP contribution >= 0.6 is 0 Å². The molecule has 3 nitrogen and oxygen atoms in total. The van der Waals surface area contributed by atoms with Gasteiger partial charge >= 0.3 is 5.97 Å². The molecule has 0 aliphatic carbocycles. The lowest BCUT2D eigenvalue weighted by atomic mass is 9.95. The van der Waals surface area contributed by atoms with E-state index < -0.39 is 5.97 Å². The van der Waals surface area contributed by atoms with Crippen molar-refractivity contribution < 1.29 is 15.0 Å². The molecule has 0 aromatic rings. The average molecular weight is 174 g/mol. The predicted molar refractivity (Wildman–Crippen MR) is 46.9 cm³/mol. The number of aliphatic hydroxyl groups excluding tert-OH is 1. The van der Waals surface area contributed by atoms with Crippen molar-refractivity contribution in [2.24, 2.45) is 11.8 Å². The van der Waals surface area contributed by atoms with Gasteiger partial charge in [0.1, 0.15) is 0 Å². The zero-order valence-electron chi connectivity index (χ0n) is 7.79. The van der Waals surface area contributed by atoms with E-state index >= 15 is 0 Å². The molecule has 12 heavy (non-hydrogen) atoms. The summed E-state index contributed by atoms with van der Waals surface area (Å²) in [5, 5.41) is 17.3. The highest BCUT2D eigenvalue weighted by atomic mass is 16.4. The fourth-order valence-electron chi connectivity index (χ4n) is 1.08. The molecule has 0 aliphatic rings. The van der Waals surface area contributed by atoms with Crippen molar-refractivity contribution in [1.82, 2.24) is 0 Å². The van der Waals surface area contributed by atoms with Gasteiger partial charge in [-0.2, -0.15) is 0 Å². The molecule has 0 heterocycles. The van der Waals surface area contributed by atoms with Crippen LogP contribution in [0, 0.1) is 11.8 Å². The topological polar surface area (TPSA) is 57.5 Å². The number of carbonyl (C=O) groups is 1. The standard InChI is InChI=1S/C9H18O3/c1-7(2)3-4-8(5-6-10)9(11)12/h7-8,10H,3-6H2,1-2H3,(H,11,12). The van der Waals surface area contributed by atoms with Crippen molar-refractivity contribution in [3.05, 3.63) is 0 Å². The van der Waals surface area contributed by atoms with Crippen molar-refractivity contribution in [3.8, 4) is 0 Å².